The quantitative estimate of drug-likeness (QED) is 0.513. The van der Waals surface area contributed by atoms with Crippen molar-refractivity contribution in [2.75, 3.05) is 7.11 Å². The molecule has 23 heavy (non-hydrogen) atoms. The van der Waals surface area contributed by atoms with Gasteiger partial charge in [-0.3, -0.25) is 0 Å². The summed E-state index contributed by atoms with van der Waals surface area (Å²) in [6, 6.07) is 19.5. The molecule has 116 valence electrons. The molecule has 0 saturated heterocycles. The molecule has 0 radical (unpaired) electrons. The molecule has 0 atom stereocenters. The number of ether oxygens (including phenoxy) is 1. The Bertz CT molecular complexity index is 785. The normalized spacial score (nSPS) is 10.5. The standard InChI is InChI=1S/C18H15NO3S/c1-21-17(20)15-18(23-12-13-8-4-2-5-9-13)22-16(19-15)14-10-6-3-7-11-14/h2-11H,12H2,1H3. The van der Waals surface area contributed by atoms with Crippen molar-refractivity contribution in [2.24, 2.45) is 0 Å². The average molecular weight is 325 g/mol. The average Bonchev–Trinajstić information content (AvgIpc) is 3.05. The van der Waals surface area contributed by atoms with Crippen molar-refractivity contribution in [3.05, 3.63) is 71.9 Å². The number of benzene rings is 2. The van der Waals surface area contributed by atoms with Crippen LogP contribution in [-0.2, 0) is 10.5 Å². The van der Waals surface area contributed by atoms with Gasteiger partial charge in [-0.05, 0) is 17.7 Å². The smallest absolute Gasteiger partial charge is 0.361 e. The Kier molecular flexibility index (Phi) is 4.78. The third kappa shape index (κ3) is 3.63. The monoisotopic (exact) mass is 325 g/mol. The molecule has 0 N–H and O–H groups in total. The zero-order chi connectivity index (χ0) is 16.1. The van der Waals surface area contributed by atoms with Crippen molar-refractivity contribution in [1.82, 2.24) is 4.98 Å². The minimum absolute atomic E-state index is 0.215. The number of oxazole rings is 1. The number of carbonyl (C=O) groups is 1. The molecule has 0 unspecified atom stereocenters. The number of rotatable bonds is 5. The zero-order valence-electron chi connectivity index (χ0n) is 12.6. The van der Waals surface area contributed by atoms with E-state index in [2.05, 4.69) is 4.98 Å². The fourth-order valence-electron chi connectivity index (χ4n) is 2.06. The van der Waals surface area contributed by atoms with Crippen molar-refractivity contribution in [3.63, 3.8) is 0 Å². The second-order valence-electron chi connectivity index (χ2n) is 4.79. The van der Waals surface area contributed by atoms with Gasteiger partial charge in [0, 0.05) is 11.3 Å². The van der Waals surface area contributed by atoms with Gasteiger partial charge in [-0.2, -0.15) is 0 Å². The number of esters is 1. The number of hydrogen-bond donors (Lipinski definition) is 0. The summed E-state index contributed by atoms with van der Waals surface area (Å²) in [5.41, 5.74) is 2.18. The highest BCUT2D eigenvalue weighted by Crippen LogP contribution is 2.31. The van der Waals surface area contributed by atoms with Crippen LogP contribution in [-0.4, -0.2) is 18.1 Å². The Morgan fingerprint density at radius 3 is 2.39 bits per heavy atom. The van der Waals surface area contributed by atoms with Gasteiger partial charge in [0.25, 0.3) is 0 Å². The van der Waals surface area contributed by atoms with Crippen molar-refractivity contribution in [2.45, 2.75) is 10.8 Å². The first-order chi connectivity index (χ1) is 11.3. The van der Waals surface area contributed by atoms with Crippen LogP contribution >= 0.6 is 11.8 Å². The largest absolute Gasteiger partial charge is 0.464 e. The Morgan fingerprint density at radius 2 is 1.74 bits per heavy atom. The van der Waals surface area contributed by atoms with E-state index in [1.165, 1.54) is 18.9 Å². The third-order valence-electron chi connectivity index (χ3n) is 3.21. The van der Waals surface area contributed by atoms with E-state index in [0.717, 1.165) is 11.1 Å². The van der Waals surface area contributed by atoms with E-state index in [1.807, 2.05) is 60.7 Å². The van der Waals surface area contributed by atoms with Crippen molar-refractivity contribution >= 4 is 17.7 Å². The second kappa shape index (κ2) is 7.15. The van der Waals surface area contributed by atoms with Crippen LogP contribution in [0.3, 0.4) is 0 Å². The number of nitrogens with zero attached hydrogens (tertiary/aromatic N) is 1. The summed E-state index contributed by atoms with van der Waals surface area (Å²) < 4.78 is 10.6. The summed E-state index contributed by atoms with van der Waals surface area (Å²) in [6.45, 7) is 0. The first-order valence-electron chi connectivity index (χ1n) is 7.09. The van der Waals surface area contributed by atoms with Gasteiger partial charge < -0.3 is 9.15 Å². The minimum atomic E-state index is -0.494. The van der Waals surface area contributed by atoms with Crippen LogP contribution in [0.15, 0.2) is 70.2 Å². The lowest BCUT2D eigenvalue weighted by atomic mass is 10.2. The summed E-state index contributed by atoms with van der Waals surface area (Å²) in [5.74, 6) is 0.613. The topological polar surface area (TPSA) is 52.3 Å². The predicted molar refractivity (Wildman–Crippen MR) is 89.3 cm³/mol. The van der Waals surface area contributed by atoms with Gasteiger partial charge in [0.1, 0.15) is 0 Å². The van der Waals surface area contributed by atoms with E-state index in [1.54, 1.807) is 0 Å². The van der Waals surface area contributed by atoms with Crippen LogP contribution in [0.4, 0.5) is 0 Å². The first-order valence-corrected chi connectivity index (χ1v) is 8.08. The molecular formula is C18H15NO3S. The molecule has 1 heterocycles. The molecule has 0 aliphatic carbocycles. The van der Waals surface area contributed by atoms with Crippen molar-refractivity contribution < 1.29 is 13.9 Å². The summed E-state index contributed by atoms with van der Waals surface area (Å²) in [6.07, 6.45) is 0. The van der Waals surface area contributed by atoms with E-state index < -0.39 is 5.97 Å². The predicted octanol–water partition coefficient (Wildman–Crippen LogP) is 4.42. The van der Waals surface area contributed by atoms with Gasteiger partial charge in [0.05, 0.1) is 7.11 Å². The van der Waals surface area contributed by atoms with Gasteiger partial charge >= 0.3 is 5.97 Å². The van der Waals surface area contributed by atoms with Gasteiger partial charge in [0.2, 0.25) is 11.6 Å². The summed E-state index contributed by atoms with van der Waals surface area (Å²) in [5, 5.41) is 0.472. The van der Waals surface area contributed by atoms with Crippen molar-refractivity contribution in [3.8, 4) is 11.5 Å². The highest BCUT2D eigenvalue weighted by molar-refractivity contribution is 7.98. The van der Waals surface area contributed by atoms with Crippen molar-refractivity contribution in [1.29, 1.82) is 0 Å². The lowest BCUT2D eigenvalue weighted by Crippen LogP contribution is -2.03. The molecule has 3 rings (SSSR count). The van der Waals surface area contributed by atoms with Crippen LogP contribution in [0.2, 0.25) is 0 Å². The van der Waals surface area contributed by atoms with Gasteiger partial charge in [-0.15, -0.1) is 0 Å². The number of methoxy groups -OCH3 is 1. The molecule has 3 aromatic rings. The Morgan fingerprint density at radius 1 is 1.09 bits per heavy atom. The number of thioether (sulfide) groups is 1. The van der Waals surface area contributed by atoms with Crippen LogP contribution in [0, 0.1) is 0 Å². The molecule has 1 aromatic heterocycles. The highest BCUT2D eigenvalue weighted by Gasteiger charge is 2.22. The highest BCUT2D eigenvalue weighted by atomic mass is 32.2. The molecule has 0 spiro atoms. The van der Waals surface area contributed by atoms with E-state index >= 15 is 0 Å². The molecule has 0 aliphatic heterocycles. The van der Waals surface area contributed by atoms with Gasteiger partial charge in [-0.1, -0.05) is 60.3 Å². The van der Waals surface area contributed by atoms with E-state index in [4.69, 9.17) is 9.15 Å². The molecule has 0 saturated carbocycles. The minimum Gasteiger partial charge on any atom is -0.464 e. The maximum absolute atomic E-state index is 11.9. The summed E-state index contributed by atoms with van der Waals surface area (Å²) >= 11 is 1.43. The zero-order valence-corrected chi connectivity index (χ0v) is 13.4. The van der Waals surface area contributed by atoms with E-state index in [9.17, 15) is 4.79 Å². The fraction of sp³-hybridized carbons (Fsp3) is 0.111. The van der Waals surface area contributed by atoms with E-state index in [0.29, 0.717) is 16.7 Å². The Labute approximate surface area is 138 Å². The number of hydrogen-bond acceptors (Lipinski definition) is 5. The third-order valence-corrected chi connectivity index (χ3v) is 4.22. The number of carbonyl (C=O) groups excluding carboxylic acids is 1. The molecule has 4 nitrogen and oxygen atoms in total. The maximum atomic E-state index is 11.9. The molecule has 0 fully saturated rings. The maximum Gasteiger partial charge on any atom is 0.361 e. The van der Waals surface area contributed by atoms with Gasteiger partial charge in [0.15, 0.2) is 5.09 Å². The first kappa shape index (κ1) is 15.4. The lowest BCUT2D eigenvalue weighted by molar-refractivity contribution is 0.0588. The summed E-state index contributed by atoms with van der Waals surface area (Å²) in [7, 11) is 1.34. The molecule has 0 amide bonds. The van der Waals surface area contributed by atoms with E-state index in [-0.39, 0.29) is 5.69 Å². The Hall–Kier alpha value is -2.53. The molecule has 0 aliphatic rings. The Balaban J connectivity index is 1.88. The van der Waals surface area contributed by atoms with Crippen LogP contribution in [0.5, 0.6) is 0 Å². The second-order valence-corrected chi connectivity index (χ2v) is 5.74. The summed E-state index contributed by atoms with van der Waals surface area (Å²) in [4.78, 5) is 16.2. The van der Waals surface area contributed by atoms with Crippen LogP contribution < -0.4 is 0 Å². The van der Waals surface area contributed by atoms with Crippen LogP contribution in [0.25, 0.3) is 11.5 Å². The fourth-order valence-corrected chi connectivity index (χ4v) is 2.95. The molecular weight excluding hydrogens is 310 g/mol. The molecule has 2 aromatic carbocycles. The van der Waals surface area contributed by atoms with Gasteiger partial charge in [-0.25, -0.2) is 9.78 Å². The molecule has 0 bridgehead atoms. The molecule has 5 heteroatoms. The SMILES string of the molecule is COC(=O)c1nc(-c2ccccc2)oc1SCc1ccccc1. The number of aromatic nitrogens is 1. The lowest BCUT2D eigenvalue weighted by Gasteiger charge is -2.00. The van der Waals surface area contributed by atoms with Crippen LogP contribution in [0.1, 0.15) is 16.1 Å².